The standard InChI is InChI=1S/C14H24N2O3S/c1-9-10(13(17)18)7-8-16(9)14(19)15-11-5-3-4-6-12(11)20-2/h9-12H,3-8H2,1-2H3,(H,15,19)(H,17,18). The number of nitrogens with one attached hydrogen (secondary N) is 1. The van der Waals surface area contributed by atoms with Crippen LogP contribution in [-0.4, -0.2) is 52.1 Å². The first kappa shape index (κ1) is 15.5. The van der Waals surface area contributed by atoms with E-state index in [2.05, 4.69) is 11.6 Å². The van der Waals surface area contributed by atoms with E-state index in [1.807, 2.05) is 18.7 Å². The average molecular weight is 300 g/mol. The first-order valence-corrected chi connectivity index (χ1v) is 8.66. The summed E-state index contributed by atoms with van der Waals surface area (Å²) in [7, 11) is 0. The molecule has 2 fully saturated rings. The zero-order valence-corrected chi connectivity index (χ0v) is 13.0. The van der Waals surface area contributed by atoms with Gasteiger partial charge in [-0.05, 0) is 32.4 Å². The molecule has 1 heterocycles. The minimum Gasteiger partial charge on any atom is -0.481 e. The second-order valence-corrected chi connectivity index (χ2v) is 6.86. The van der Waals surface area contributed by atoms with Gasteiger partial charge in [0.15, 0.2) is 0 Å². The van der Waals surface area contributed by atoms with Crippen LogP contribution in [0.2, 0.25) is 0 Å². The first-order chi connectivity index (χ1) is 9.54. The number of urea groups is 1. The van der Waals surface area contributed by atoms with Crippen molar-refractivity contribution >= 4 is 23.8 Å². The molecule has 0 radical (unpaired) electrons. The molecule has 0 bridgehead atoms. The number of likely N-dealkylation sites (tertiary alicyclic amines) is 1. The van der Waals surface area contributed by atoms with E-state index in [1.165, 1.54) is 6.42 Å². The van der Waals surface area contributed by atoms with Gasteiger partial charge in [-0.25, -0.2) is 4.79 Å². The molecule has 2 aliphatic rings. The molecule has 1 aliphatic heterocycles. The average Bonchev–Trinajstić information content (AvgIpc) is 2.81. The number of rotatable bonds is 3. The van der Waals surface area contributed by atoms with Gasteiger partial charge >= 0.3 is 12.0 Å². The summed E-state index contributed by atoms with van der Waals surface area (Å²) in [6.07, 6.45) is 7.23. The van der Waals surface area contributed by atoms with Gasteiger partial charge < -0.3 is 15.3 Å². The molecule has 5 nitrogen and oxygen atoms in total. The van der Waals surface area contributed by atoms with Crippen molar-refractivity contribution < 1.29 is 14.7 Å². The molecule has 0 spiro atoms. The van der Waals surface area contributed by atoms with Crippen molar-refractivity contribution in [2.45, 2.75) is 56.4 Å². The van der Waals surface area contributed by atoms with Crippen LogP contribution >= 0.6 is 11.8 Å². The van der Waals surface area contributed by atoms with Gasteiger partial charge in [0.05, 0.1) is 5.92 Å². The number of hydrogen-bond donors (Lipinski definition) is 2. The molecule has 114 valence electrons. The third-order valence-electron chi connectivity index (χ3n) is 4.65. The van der Waals surface area contributed by atoms with Crippen molar-refractivity contribution in [3.8, 4) is 0 Å². The molecule has 0 aromatic rings. The predicted molar refractivity (Wildman–Crippen MR) is 80.0 cm³/mol. The van der Waals surface area contributed by atoms with E-state index in [4.69, 9.17) is 5.11 Å². The Kier molecular flexibility index (Phi) is 5.18. The Hall–Kier alpha value is -0.910. The van der Waals surface area contributed by atoms with Crippen molar-refractivity contribution in [1.82, 2.24) is 10.2 Å². The van der Waals surface area contributed by atoms with Gasteiger partial charge in [0.2, 0.25) is 0 Å². The highest BCUT2D eigenvalue weighted by molar-refractivity contribution is 7.99. The molecular weight excluding hydrogens is 276 g/mol. The Morgan fingerprint density at radius 2 is 1.95 bits per heavy atom. The molecule has 0 aromatic heterocycles. The van der Waals surface area contributed by atoms with E-state index >= 15 is 0 Å². The van der Waals surface area contributed by atoms with Crippen molar-refractivity contribution in [3.63, 3.8) is 0 Å². The summed E-state index contributed by atoms with van der Waals surface area (Å²) in [6, 6.07) is -0.0849. The lowest BCUT2D eigenvalue weighted by molar-refractivity contribution is -0.142. The summed E-state index contributed by atoms with van der Waals surface area (Å²) in [4.78, 5) is 25.2. The molecule has 20 heavy (non-hydrogen) atoms. The van der Waals surface area contributed by atoms with Gasteiger partial charge in [0, 0.05) is 23.9 Å². The Bertz CT molecular complexity index is 377. The van der Waals surface area contributed by atoms with Crippen LogP contribution in [0.25, 0.3) is 0 Å². The molecule has 2 rings (SSSR count). The summed E-state index contributed by atoms with van der Waals surface area (Å²) in [5.74, 6) is -1.23. The van der Waals surface area contributed by atoms with Gasteiger partial charge in [-0.1, -0.05) is 12.8 Å². The normalized spacial score (nSPS) is 34.0. The Labute approximate surface area is 124 Å². The molecule has 1 saturated heterocycles. The number of carbonyl (C=O) groups is 2. The third-order valence-corrected chi connectivity index (χ3v) is 5.82. The molecule has 1 saturated carbocycles. The summed E-state index contributed by atoms with van der Waals surface area (Å²) >= 11 is 1.82. The van der Waals surface area contributed by atoms with E-state index in [-0.39, 0.29) is 18.1 Å². The van der Waals surface area contributed by atoms with Gasteiger partial charge in [-0.3, -0.25) is 4.79 Å². The van der Waals surface area contributed by atoms with E-state index < -0.39 is 11.9 Å². The lowest BCUT2D eigenvalue weighted by Crippen LogP contribution is -2.51. The van der Waals surface area contributed by atoms with E-state index in [0.29, 0.717) is 18.2 Å². The number of amides is 2. The monoisotopic (exact) mass is 300 g/mol. The number of aliphatic carboxylic acids is 1. The minimum atomic E-state index is -0.799. The van der Waals surface area contributed by atoms with Gasteiger partial charge in [-0.2, -0.15) is 11.8 Å². The summed E-state index contributed by atoms with van der Waals surface area (Å²) in [5.41, 5.74) is 0. The highest BCUT2D eigenvalue weighted by Crippen LogP contribution is 2.28. The molecule has 6 heteroatoms. The van der Waals surface area contributed by atoms with Gasteiger partial charge in [0.25, 0.3) is 0 Å². The molecule has 2 N–H and O–H groups in total. The van der Waals surface area contributed by atoms with Crippen molar-refractivity contribution in [1.29, 1.82) is 0 Å². The first-order valence-electron chi connectivity index (χ1n) is 7.37. The lowest BCUT2D eigenvalue weighted by Gasteiger charge is -2.33. The zero-order valence-electron chi connectivity index (χ0n) is 12.2. The topological polar surface area (TPSA) is 69.6 Å². The number of carboxylic acids is 1. The quantitative estimate of drug-likeness (QED) is 0.838. The predicted octanol–water partition coefficient (Wildman–Crippen LogP) is 2.17. The maximum Gasteiger partial charge on any atom is 0.317 e. The van der Waals surface area contributed by atoms with Crippen LogP contribution in [0, 0.1) is 5.92 Å². The van der Waals surface area contributed by atoms with Crippen LogP contribution in [0.1, 0.15) is 39.0 Å². The number of carboxylic acid groups (broad SMARTS) is 1. The molecule has 4 unspecified atom stereocenters. The molecule has 0 aromatic carbocycles. The highest BCUT2D eigenvalue weighted by atomic mass is 32.2. The Morgan fingerprint density at radius 3 is 2.55 bits per heavy atom. The lowest BCUT2D eigenvalue weighted by atomic mass is 9.95. The van der Waals surface area contributed by atoms with Crippen molar-refractivity contribution in [3.05, 3.63) is 0 Å². The van der Waals surface area contributed by atoms with E-state index in [9.17, 15) is 9.59 Å². The minimum absolute atomic E-state index is 0.0906. The Balaban J connectivity index is 1.93. The van der Waals surface area contributed by atoms with Crippen LogP contribution in [0.4, 0.5) is 4.79 Å². The SMILES string of the molecule is CSC1CCCCC1NC(=O)N1CCC(C(=O)O)C1C. The van der Waals surface area contributed by atoms with Crippen molar-refractivity contribution in [2.24, 2.45) is 5.92 Å². The van der Waals surface area contributed by atoms with Crippen LogP contribution in [0.15, 0.2) is 0 Å². The maximum atomic E-state index is 12.4. The maximum absolute atomic E-state index is 12.4. The smallest absolute Gasteiger partial charge is 0.317 e. The summed E-state index contributed by atoms with van der Waals surface area (Å²) in [6.45, 7) is 2.37. The van der Waals surface area contributed by atoms with E-state index in [0.717, 1.165) is 19.3 Å². The summed E-state index contributed by atoms with van der Waals surface area (Å²) in [5, 5.41) is 12.7. The Morgan fingerprint density at radius 1 is 1.25 bits per heavy atom. The molecular formula is C14H24N2O3S. The fraction of sp³-hybridized carbons (Fsp3) is 0.857. The fourth-order valence-electron chi connectivity index (χ4n) is 3.34. The molecule has 4 atom stereocenters. The van der Waals surface area contributed by atoms with Crippen molar-refractivity contribution in [2.75, 3.05) is 12.8 Å². The number of hydrogen-bond acceptors (Lipinski definition) is 3. The third kappa shape index (κ3) is 3.22. The number of carbonyl (C=O) groups excluding carboxylic acids is 1. The largest absolute Gasteiger partial charge is 0.481 e. The zero-order chi connectivity index (χ0) is 14.7. The van der Waals surface area contributed by atoms with Crippen LogP contribution in [0.5, 0.6) is 0 Å². The van der Waals surface area contributed by atoms with Gasteiger partial charge in [-0.15, -0.1) is 0 Å². The highest BCUT2D eigenvalue weighted by Gasteiger charge is 2.39. The number of thioether (sulfide) groups is 1. The molecule has 2 amide bonds. The van der Waals surface area contributed by atoms with Crippen LogP contribution in [0.3, 0.4) is 0 Å². The van der Waals surface area contributed by atoms with Crippen LogP contribution in [-0.2, 0) is 4.79 Å². The van der Waals surface area contributed by atoms with Crippen LogP contribution < -0.4 is 5.32 Å². The second-order valence-electron chi connectivity index (χ2n) is 5.78. The summed E-state index contributed by atoms with van der Waals surface area (Å²) < 4.78 is 0. The van der Waals surface area contributed by atoms with Gasteiger partial charge in [0.1, 0.15) is 0 Å². The number of nitrogens with zero attached hydrogens (tertiary/aromatic N) is 1. The van der Waals surface area contributed by atoms with E-state index in [1.54, 1.807) is 4.90 Å². The molecule has 1 aliphatic carbocycles. The second kappa shape index (κ2) is 6.70. The fourth-order valence-corrected chi connectivity index (χ4v) is 4.28.